The molecule has 2 aromatic carbocycles. The molecule has 0 aliphatic carbocycles. The first kappa shape index (κ1) is 20.1. The van der Waals surface area contributed by atoms with Crippen LogP contribution in [-0.2, 0) is 15.9 Å². The molecule has 0 saturated heterocycles. The Morgan fingerprint density at radius 1 is 0.704 bits per heavy atom. The average Bonchev–Trinajstić information content (AvgIpc) is 2.56. The summed E-state index contributed by atoms with van der Waals surface area (Å²) in [6.45, 7) is 21.4. The van der Waals surface area contributed by atoms with Crippen LogP contribution in [0.5, 0.6) is 0 Å². The van der Waals surface area contributed by atoms with Crippen LogP contribution >= 0.6 is 0 Å². The van der Waals surface area contributed by atoms with Crippen molar-refractivity contribution in [2.24, 2.45) is 0 Å². The number of aliphatic hydroxyl groups is 1. The van der Waals surface area contributed by atoms with Crippen LogP contribution in [0.25, 0.3) is 0 Å². The van der Waals surface area contributed by atoms with Crippen LogP contribution in [0.3, 0.4) is 0 Å². The number of aryl methyl sites for hydroxylation is 2. The Morgan fingerprint density at radius 2 is 1.22 bits per heavy atom. The molecular weight excluding hydrogens is 332 g/mol. The fraction of sp³-hybridized carbons (Fsp3) is 0.520. The van der Waals surface area contributed by atoms with E-state index in [9.17, 15) is 5.11 Å². The molecule has 1 N–H and O–H groups in total. The van der Waals surface area contributed by atoms with Gasteiger partial charge in [-0.2, -0.15) is 0 Å². The zero-order chi connectivity index (χ0) is 20.5. The maximum atomic E-state index is 12.1. The van der Waals surface area contributed by atoms with Gasteiger partial charge in [0.05, 0.1) is 5.60 Å². The molecule has 146 valence electrons. The lowest BCUT2D eigenvalue weighted by Gasteiger charge is -2.54. The lowest BCUT2D eigenvalue weighted by atomic mass is 9.63. The van der Waals surface area contributed by atoms with Crippen molar-refractivity contribution in [2.75, 3.05) is 0 Å². The van der Waals surface area contributed by atoms with Crippen LogP contribution in [0.1, 0.15) is 77.8 Å². The fourth-order valence-corrected chi connectivity index (χ4v) is 4.52. The van der Waals surface area contributed by atoms with Gasteiger partial charge in [-0.1, -0.05) is 32.0 Å². The largest absolute Gasteiger partial charge is 0.358 e. The highest BCUT2D eigenvalue weighted by molar-refractivity contribution is 5.59. The molecule has 0 amide bonds. The van der Waals surface area contributed by atoms with E-state index in [4.69, 9.17) is 4.74 Å². The summed E-state index contributed by atoms with van der Waals surface area (Å²) in [5.74, 6) is -1.46. The van der Waals surface area contributed by atoms with Gasteiger partial charge < -0.3 is 9.84 Å². The van der Waals surface area contributed by atoms with E-state index in [1.165, 1.54) is 27.8 Å². The molecule has 1 heterocycles. The van der Waals surface area contributed by atoms with Crippen molar-refractivity contribution in [1.29, 1.82) is 0 Å². The highest BCUT2D eigenvalue weighted by Crippen LogP contribution is 2.54. The topological polar surface area (TPSA) is 29.5 Å². The summed E-state index contributed by atoms with van der Waals surface area (Å²) in [4.78, 5) is 0. The molecule has 27 heavy (non-hydrogen) atoms. The minimum absolute atomic E-state index is 0.235. The minimum Gasteiger partial charge on any atom is -0.358 e. The molecule has 0 aromatic heterocycles. The van der Waals surface area contributed by atoms with Gasteiger partial charge in [-0.25, -0.2) is 0 Å². The van der Waals surface area contributed by atoms with Crippen LogP contribution < -0.4 is 0 Å². The van der Waals surface area contributed by atoms with E-state index in [2.05, 4.69) is 81.4 Å². The van der Waals surface area contributed by atoms with Gasteiger partial charge in [0, 0.05) is 16.5 Å². The van der Waals surface area contributed by atoms with Gasteiger partial charge in [0.1, 0.15) is 0 Å². The molecule has 0 spiro atoms. The van der Waals surface area contributed by atoms with Crippen molar-refractivity contribution in [3.8, 4) is 0 Å². The normalized spacial score (nSPS) is 23.2. The van der Waals surface area contributed by atoms with Crippen molar-refractivity contribution in [1.82, 2.24) is 0 Å². The predicted octanol–water partition coefficient (Wildman–Crippen LogP) is 5.82. The third kappa shape index (κ3) is 2.61. The van der Waals surface area contributed by atoms with Gasteiger partial charge in [0.15, 0.2) is 0 Å². The zero-order valence-electron chi connectivity index (χ0n) is 18.6. The monoisotopic (exact) mass is 366 g/mol. The zero-order valence-corrected chi connectivity index (χ0v) is 18.6. The minimum atomic E-state index is -1.46. The Labute approximate surface area is 164 Å². The van der Waals surface area contributed by atoms with E-state index in [-0.39, 0.29) is 5.41 Å². The quantitative estimate of drug-likeness (QED) is 0.689. The third-order valence-corrected chi connectivity index (χ3v) is 7.46. The van der Waals surface area contributed by atoms with E-state index in [0.29, 0.717) is 0 Å². The molecule has 0 saturated carbocycles. The number of fused-ring (bicyclic) bond motifs is 1. The molecule has 2 aromatic rings. The Kier molecular flexibility index (Phi) is 4.41. The number of hydrogen-bond donors (Lipinski definition) is 1. The molecule has 1 atom stereocenters. The van der Waals surface area contributed by atoms with Gasteiger partial charge in [-0.3, -0.25) is 0 Å². The number of ether oxygens (including phenoxy) is 1. The first-order valence-electron chi connectivity index (χ1n) is 9.87. The first-order valence-corrected chi connectivity index (χ1v) is 9.87. The SMILES string of the molecule is Cc1ccc(C2(O)OC(C)(C)C(C)(C)c3c(C)c(C)c(C)c(C)c32)cc1C. The van der Waals surface area contributed by atoms with Crippen LogP contribution in [0, 0.1) is 41.5 Å². The van der Waals surface area contributed by atoms with Gasteiger partial charge in [-0.05, 0) is 94.3 Å². The number of benzene rings is 2. The van der Waals surface area contributed by atoms with Gasteiger partial charge in [0.2, 0.25) is 5.79 Å². The summed E-state index contributed by atoms with van der Waals surface area (Å²) in [5, 5.41) is 12.1. The summed E-state index contributed by atoms with van der Waals surface area (Å²) in [5.41, 5.74) is 9.48. The van der Waals surface area contributed by atoms with E-state index >= 15 is 0 Å². The Balaban J connectivity index is 2.48. The third-order valence-electron chi connectivity index (χ3n) is 7.46. The molecular formula is C25H34O2. The van der Waals surface area contributed by atoms with Crippen molar-refractivity contribution in [3.05, 3.63) is 68.3 Å². The number of rotatable bonds is 1. The Hall–Kier alpha value is -1.64. The Morgan fingerprint density at radius 3 is 1.74 bits per heavy atom. The molecule has 2 heteroatoms. The highest BCUT2D eigenvalue weighted by atomic mass is 16.6. The van der Waals surface area contributed by atoms with Crippen LogP contribution in [-0.4, -0.2) is 10.7 Å². The molecule has 1 aliphatic heterocycles. The van der Waals surface area contributed by atoms with E-state index < -0.39 is 11.4 Å². The molecule has 3 rings (SSSR count). The molecule has 0 radical (unpaired) electrons. The maximum absolute atomic E-state index is 12.1. The number of hydrogen-bond acceptors (Lipinski definition) is 2. The van der Waals surface area contributed by atoms with Crippen molar-refractivity contribution >= 4 is 0 Å². The van der Waals surface area contributed by atoms with Crippen LogP contribution in [0.2, 0.25) is 0 Å². The summed E-state index contributed by atoms with van der Waals surface area (Å²) in [6, 6.07) is 6.14. The smallest absolute Gasteiger partial charge is 0.220 e. The second-order valence-electron chi connectivity index (χ2n) is 9.43. The summed E-state index contributed by atoms with van der Waals surface area (Å²) >= 11 is 0. The van der Waals surface area contributed by atoms with Crippen molar-refractivity contribution in [2.45, 2.75) is 86.0 Å². The lowest BCUT2D eigenvalue weighted by molar-refractivity contribution is -0.269. The summed E-state index contributed by atoms with van der Waals surface area (Å²) in [6.07, 6.45) is 0. The predicted molar refractivity (Wildman–Crippen MR) is 112 cm³/mol. The highest BCUT2D eigenvalue weighted by Gasteiger charge is 2.55. The van der Waals surface area contributed by atoms with Crippen molar-refractivity contribution in [3.63, 3.8) is 0 Å². The Bertz CT molecular complexity index is 934. The first-order chi connectivity index (χ1) is 12.3. The molecule has 1 aliphatic rings. The lowest BCUT2D eigenvalue weighted by Crippen LogP contribution is -2.57. The van der Waals surface area contributed by atoms with Crippen LogP contribution in [0.4, 0.5) is 0 Å². The molecule has 0 bridgehead atoms. The summed E-state index contributed by atoms with van der Waals surface area (Å²) < 4.78 is 6.57. The van der Waals surface area contributed by atoms with Crippen LogP contribution in [0.15, 0.2) is 18.2 Å². The fourth-order valence-electron chi connectivity index (χ4n) is 4.52. The molecule has 2 nitrogen and oxygen atoms in total. The van der Waals surface area contributed by atoms with Gasteiger partial charge >= 0.3 is 0 Å². The molecule has 1 unspecified atom stereocenters. The van der Waals surface area contributed by atoms with Gasteiger partial charge in [0.25, 0.3) is 0 Å². The second kappa shape index (κ2) is 5.93. The van der Waals surface area contributed by atoms with Gasteiger partial charge in [-0.15, -0.1) is 0 Å². The molecule has 0 fully saturated rings. The second-order valence-corrected chi connectivity index (χ2v) is 9.43. The standard InChI is InChI=1S/C25H34O2/c1-14-11-12-20(13-15(14)2)25(26)22-19(6)17(4)16(3)18(5)21(22)23(7,8)24(9,10)27-25/h11-13,26H,1-10H3. The van der Waals surface area contributed by atoms with E-state index in [1.54, 1.807) is 0 Å². The van der Waals surface area contributed by atoms with Crippen molar-refractivity contribution < 1.29 is 9.84 Å². The average molecular weight is 367 g/mol. The van der Waals surface area contributed by atoms with E-state index in [1.807, 2.05) is 6.07 Å². The summed E-state index contributed by atoms with van der Waals surface area (Å²) in [7, 11) is 0. The van der Waals surface area contributed by atoms with E-state index in [0.717, 1.165) is 22.3 Å². The maximum Gasteiger partial charge on any atom is 0.220 e.